The lowest BCUT2D eigenvalue weighted by molar-refractivity contribution is -0.384. The highest BCUT2D eigenvalue weighted by atomic mass is 32.1. The first kappa shape index (κ1) is 20.8. The quantitative estimate of drug-likeness (QED) is 0.257. The average molecular weight is 425 g/mol. The number of benzene rings is 2. The SMILES string of the molecule is CC1(C)c2ccccc2N(CCCCCCS)C12C=Cc1cc([N+](=O)[O-])ccc1O2. The van der Waals surface area contributed by atoms with Crippen molar-refractivity contribution >= 4 is 30.1 Å². The number of para-hydroxylation sites is 1. The highest BCUT2D eigenvalue weighted by Gasteiger charge is 2.58. The van der Waals surface area contributed by atoms with Gasteiger partial charge in [0, 0.05) is 29.9 Å². The molecule has 1 atom stereocenters. The Kier molecular flexibility index (Phi) is 5.53. The largest absolute Gasteiger partial charge is 0.463 e. The van der Waals surface area contributed by atoms with E-state index in [1.54, 1.807) is 12.1 Å². The molecule has 0 aromatic heterocycles. The van der Waals surface area contributed by atoms with Crippen molar-refractivity contribution in [1.29, 1.82) is 0 Å². The van der Waals surface area contributed by atoms with Crippen LogP contribution in [0.3, 0.4) is 0 Å². The topological polar surface area (TPSA) is 55.6 Å². The molecule has 1 spiro atoms. The standard InChI is InChI=1S/C24H28N2O3S/c1-23(2)20-9-5-6-10-21(20)25(15-7-3-4-8-16-30)24(23)14-13-18-17-19(26(27)28)11-12-22(18)29-24/h5-6,9-14,17,30H,3-4,7-8,15-16H2,1-2H3. The maximum absolute atomic E-state index is 11.2. The third-order valence-electron chi connectivity index (χ3n) is 6.41. The van der Waals surface area contributed by atoms with E-state index in [0.29, 0.717) is 5.75 Å². The Morgan fingerprint density at radius 2 is 1.87 bits per heavy atom. The van der Waals surface area contributed by atoms with Crippen LogP contribution in [0.5, 0.6) is 5.75 Å². The zero-order valence-corrected chi connectivity index (χ0v) is 18.4. The van der Waals surface area contributed by atoms with Crippen LogP contribution in [0.15, 0.2) is 48.5 Å². The van der Waals surface area contributed by atoms with Crippen LogP contribution in [-0.4, -0.2) is 22.9 Å². The second-order valence-corrected chi connectivity index (χ2v) is 8.99. The van der Waals surface area contributed by atoms with E-state index in [-0.39, 0.29) is 16.0 Å². The van der Waals surface area contributed by atoms with Crippen LogP contribution in [0, 0.1) is 10.1 Å². The van der Waals surface area contributed by atoms with E-state index < -0.39 is 5.72 Å². The Balaban J connectivity index is 1.71. The average Bonchev–Trinajstić information content (AvgIpc) is 2.92. The lowest BCUT2D eigenvalue weighted by atomic mass is 9.76. The molecule has 158 valence electrons. The zero-order chi connectivity index (χ0) is 21.4. The molecule has 1 unspecified atom stereocenters. The summed E-state index contributed by atoms with van der Waals surface area (Å²) in [6.07, 6.45) is 8.62. The van der Waals surface area contributed by atoms with Gasteiger partial charge in [-0.05, 0) is 62.3 Å². The van der Waals surface area contributed by atoms with Crippen molar-refractivity contribution in [3.63, 3.8) is 0 Å². The number of nitrogens with zero attached hydrogens (tertiary/aromatic N) is 2. The second kappa shape index (κ2) is 7.99. The molecule has 5 nitrogen and oxygen atoms in total. The number of unbranched alkanes of at least 4 members (excludes halogenated alkanes) is 3. The molecule has 0 saturated heterocycles. The minimum Gasteiger partial charge on any atom is -0.463 e. The third kappa shape index (κ3) is 3.27. The number of hydrogen-bond acceptors (Lipinski definition) is 5. The van der Waals surface area contributed by atoms with Gasteiger partial charge in [0.1, 0.15) is 5.75 Å². The maximum Gasteiger partial charge on any atom is 0.270 e. The molecule has 0 N–H and O–H groups in total. The van der Waals surface area contributed by atoms with E-state index in [9.17, 15) is 10.1 Å². The number of rotatable bonds is 7. The Hall–Kier alpha value is -2.47. The van der Waals surface area contributed by atoms with Crippen molar-refractivity contribution < 1.29 is 9.66 Å². The van der Waals surface area contributed by atoms with Gasteiger partial charge in [0.2, 0.25) is 5.72 Å². The Bertz CT molecular complexity index is 988. The fourth-order valence-electron chi connectivity index (χ4n) is 4.73. The lowest BCUT2D eigenvalue weighted by Gasteiger charge is -2.47. The Labute approximate surface area is 183 Å². The summed E-state index contributed by atoms with van der Waals surface area (Å²) in [4.78, 5) is 13.2. The van der Waals surface area contributed by atoms with Crippen molar-refractivity contribution in [2.45, 2.75) is 50.7 Å². The van der Waals surface area contributed by atoms with Gasteiger partial charge in [-0.25, -0.2) is 0 Å². The molecule has 0 radical (unpaired) electrons. The van der Waals surface area contributed by atoms with Gasteiger partial charge >= 0.3 is 0 Å². The molecular formula is C24H28N2O3S. The van der Waals surface area contributed by atoms with Crippen LogP contribution in [-0.2, 0) is 5.41 Å². The number of nitro benzene ring substituents is 1. The predicted octanol–water partition coefficient (Wildman–Crippen LogP) is 5.98. The summed E-state index contributed by atoms with van der Waals surface area (Å²) in [7, 11) is 0. The monoisotopic (exact) mass is 424 g/mol. The van der Waals surface area contributed by atoms with Crippen molar-refractivity contribution in [3.8, 4) is 5.75 Å². The van der Waals surface area contributed by atoms with Crippen LogP contribution in [0.4, 0.5) is 11.4 Å². The molecule has 2 aliphatic rings. The van der Waals surface area contributed by atoms with E-state index in [2.05, 4.69) is 61.7 Å². The van der Waals surface area contributed by atoms with Gasteiger partial charge < -0.3 is 9.64 Å². The summed E-state index contributed by atoms with van der Waals surface area (Å²) in [5.74, 6) is 1.61. The molecule has 0 bridgehead atoms. The summed E-state index contributed by atoms with van der Waals surface area (Å²) in [5, 5.41) is 11.2. The fourth-order valence-corrected chi connectivity index (χ4v) is 4.95. The molecular weight excluding hydrogens is 396 g/mol. The normalized spacial score (nSPS) is 20.7. The number of ether oxygens (including phenoxy) is 1. The number of thiol groups is 1. The molecule has 4 rings (SSSR count). The number of nitro groups is 1. The van der Waals surface area contributed by atoms with E-state index in [1.807, 2.05) is 6.08 Å². The Morgan fingerprint density at radius 1 is 1.10 bits per heavy atom. The summed E-state index contributed by atoms with van der Waals surface area (Å²) < 4.78 is 6.71. The summed E-state index contributed by atoms with van der Waals surface area (Å²) in [5.41, 5.74) is 2.33. The fraction of sp³-hybridized carbons (Fsp3) is 0.417. The molecule has 6 heteroatoms. The van der Waals surface area contributed by atoms with Crippen molar-refractivity contribution in [2.24, 2.45) is 0 Å². The number of anilines is 1. The van der Waals surface area contributed by atoms with Crippen LogP contribution in [0.2, 0.25) is 0 Å². The first-order valence-electron chi connectivity index (χ1n) is 10.6. The van der Waals surface area contributed by atoms with Gasteiger partial charge in [-0.1, -0.05) is 31.0 Å². The molecule has 2 aromatic carbocycles. The Morgan fingerprint density at radius 3 is 2.63 bits per heavy atom. The number of non-ortho nitro benzene ring substituents is 1. The summed E-state index contributed by atoms with van der Waals surface area (Å²) >= 11 is 4.31. The van der Waals surface area contributed by atoms with Gasteiger partial charge in [-0.15, -0.1) is 0 Å². The second-order valence-electron chi connectivity index (χ2n) is 8.54. The smallest absolute Gasteiger partial charge is 0.270 e. The van der Waals surface area contributed by atoms with E-state index in [1.165, 1.54) is 23.7 Å². The highest BCUT2D eigenvalue weighted by molar-refractivity contribution is 7.80. The van der Waals surface area contributed by atoms with E-state index in [4.69, 9.17) is 4.74 Å². The van der Waals surface area contributed by atoms with Crippen LogP contribution in [0.1, 0.15) is 50.7 Å². The van der Waals surface area contributed by atoms with E-state index >= 15 is 0 Å². The molecule has 2 aliphatic heterocycles. The van der Waals surface area contributed by atoms with Crippen molar-refractivity contribution in [2.75, 3.05) is 17.2 Å². The number of fused-ring (bicyclic) bond motifs is 2. The molecule has 30 heavy (non-hydrogen) atoms. The first-order valence-corrected chi connectivity index (χ1v) is 11.2. The molecule has 0 amide bonds. The minimum atomic E-state index is -0.663. The first-order chi connectivity index (χ1) is 14.4. The number of hydrogen-bond donors (Lipinski definition) is 1. The van der Waals surface area contributed by atoms with Gasteiger partial charge in [-0.3, -0.25) is 10.1 Å². The van der Waals surface area contributed by atoms with Crippen molar-refractivity contribution in [3.05, 3.63) is 69.8 Å². The molecule has 0 aliphatic carbocycles. The molecule has 0 saturated carbocycles. The highest BCUT2D eigenvalue weighted by Crippen LogP contribution is 2.55. The third-order valence-corrected chi connectivity index (χ3v) is 6.73. The minimum absolute atomic E-state index is 0.0768. The summed E-state index contributed by atoms with van der Waals surface area (Å²) in [6.45, 7) is 5.32. The summed E-state index contributed by atoms with van der Waals surface area (Å²) in [6, 6.07) is 13.3. The van der Waals surface area contributed by atoms with Gasteiger partial charge in [0.05, 0.1) is 10.3 Å². The molecule has 2 heterocycles. The van der Waals surface area contributed by atoms with Crippen LogP contribution in [0.25, 0.3) is 6.08 Å². The van der Waals surface area contributed by atoms with Crippen molar-refractivity contribution in [1.82, 2.24) is 0 Å². The molecule has 2 aromatic rings. The van der Waals surface area contributed by atoms with Crippen LogP contribution >= 0.6 is 12.6 Å². The van der Waals surface area contributed by atoms with Gasteiger partial charge in [-0.2, -0.15) is 12.6 Å². The maximum atomic E-state index is 11.2. The van der Waals surface area contributed by atoms with Crippen LogP contribution < -0.4 is 9.64 Å². The van der Waals surface area contributed by atoms with Gasteiger partial charge in [0.25, 0.3) is 5.69 Å². The predicted molar refractivity (Wildman–Crippen MR) is 125 cm³/mol. The lowest BCUT2D eigenvalue weighted by Crippen LogP contribution is -2.59. The zero-order valence-electron chi connectivity index (χ0n) is 17.5. The molecule has 0 fully saturated rings. The van der Waals surface area contributed by atoms with Gasteiger partial charge in [0.15, 0.2) is 0 Å². The van der Waals surface area contributed by atoms with E-state index in [0.717, 1.165) is 37.1 Å².